The highest BCUT2D eigenvalue weighted by atomic mass is 16.5. The molecule has 0 aromatic heterocycles. The van der Waals surface area contributed by atoms with Crippen molar-refractivity contribution in [3.8, 4) is 5.75 Å². The Hall–Kier alpha value is -2.69. The maximum Gasteiger partial charge on any atom is 0.338 e. The minimum absolute atomic E-state index is 0.300. The highest BCUT2D eigenvalue weighted by Gasteiger charge is 2.06. The van der Waals surface area contributed by atoms with Crippen molar-refractivity contribution < 1.29 is 14.3 Å². The Kier molecular flexibility index (Phi) is 7.63. The fraction of sp³-hybridized carbons (Fsp3) is 0.350. The van der Waals surface area contributed by atoms with Crippen LogP contribution in [0.2, 0.25) is 0 Å². The van der Waals surface area contributed by atoms with E-state index in [0.29, 0.717) is 24.5 Å². The Morgan fingerprint density at radius 3 is 2.04 bits per heavy atom. The summed E-state index contributed by atoms with van der Waals surface area (Å²) >= 11 is 0. The van der Waals surface area contributed by atoms with Crippen molar-refractivity contribution in [3.05, 3.63) is 54.1 Å². The zero-order valence-electron chi connectivity index (χ0n) is 14.8. The number of carbonyl (C=O) groups excluding carboxylic acids is 1. The molecular weight excluding hydrogens is 316 g/mol. The number of carbonyl (C=O) groups is 1. The van der Waals surface area contributed by atoms with Gasteiger partial charge in [-0.3, -0.25) is 0 Å². The largest absolute Gasteiger partial charge is 0.494 e. The molecule has 0 saturated carbocycles. The lowest BCUT2D eigenvalue weighted by atomic mass is 10.2. The van der Waals surface area contributed by atoms with Gasteiger partial charge in [-0.25, -0.2) is 4.79 Å². The van der Waals surface area contributed by atoms with Gasteiger partial charge in [0.25, 0.3) is 0 Å². The van der Waals surface area contributed by atoms with Gasteiger partial charge < -0.3 is 9.47 Å². The van der Waals surface area contributed by atoms with Crippen molar-refractivity contribution in [3.63, 3.8) is 0 Å². The number of benzene rings is 2. The molecule has 25 heavy (non-hydrogen) atoms. The second kappa shape index (κ2) is 10.2. The molecule has 0 aliphatic rings. The van der Waals surface area contributed by atoms with Gasteiger partial charge in [0.05, 0.1) is 30.2 Å². The van der Waals surface area contributed by atoms with Gasteiger partial charge in [-0.1, -0.05) is 19.8 Å². The minimum atomic E-state index is -0.300. The molecule has 0 unspecified atom stereocenters. The SMILES string of the molecule is CCCCCOC(=O)c1ccc(N=Nc2ccc(OCC)cc2)cc1. The van der Waals surface area contributed by atoms with E-state index in [1.165, 1.54) is 0 Å². The predicted octanol–water partition coefficient (Wildman–Crippen LogP) is 5.85. The second-order valence-corrected chi connectivity index (χ2v) is 5.52. The van der Waals surface area contributed by atoms with Crippen LogP contribution in [0.25, 0.3) is 0 Å². The third kappa shape index (κ3) is 6.37. The van der Waals surface area contributed by atoms with E-state index in [2.05, 4.69) is 17.2 Å². The first-order valence-corrected chi connectivity index (χ1v) is 8.64. The van der Waals surface area contributed by atoms with Crippen LogP contribution in [0.4, 0.5) is 11.4 Å². The molecule has 0 amide bonds. The Morgan fingerprint density at radius 2 is 1.48 bits per heavy atom. The van der Waals surface area contributed by atoms with Crippen LogP contribution in [0.3, 0.4) is 0 Å². The van der Waals surface area contributed by atoms with Crippen LogP contribution in [0.5, 0.6) is 5.75 Å². The van der Waals surface area contributed by atoms with Crippen molar-refractivity contribution in [1.82, 2.24) is 0 Å². The molecule has 0 bridgehead atoms. The number of esters is 1. The zero-order valence-corrected chi connectivity index (χ0v) is 14.8. The molecule has 0 fully saturated rings. The summed E-state index contributed by atoms with van der Waals surface area (Å²) in [5.41, 5.74) is 1.94. The summed E-state index contributed by atoms with van der Waals surface area (Å²) in [7, 11) is 0. The van der Waals surface area contributed by atoms with E-state index in [9.17, 15) is 4.79 Å². The average molecular weight is 340 g/mol. The average Bonchev–Trinajstić information content (AvgIpc) is 2.65. The van der Waals surface area contributed by atoms with Crippen LogP contribution >= 0.6 is 0 Å². The number of unbranched alkanes of at least 4 members (excludes halogenated alkanes) is 2. The van der Waals surface area contributed by atoms with Gasteiger partial charge >= 0.3 is 5.97 Å². The molecule has 0 atom stereocenters. The van der Waals surface area contributed by atoms with Gasteiger partial charge in [-0.2, -0.15) is 10.2 Å². The molecule has 0 radical (unpaired) electrons. The topological polar surface area (TPSA) is 60.2 Å². The molecule has 5 nitrogen and oxygen atoms in total. The number of hydrogen-bond acceptors (Lipinski definition) is 5. The van der Waals surface area contributed by atoms with E-state index >= 15 is 0 Å². The normalized spacial score (nSPS) is 10.8. The summed E-state index contributed by atoms with van der Waals surface area (Å²) in [6.07, 6.45) is 3.07. The number of ether oxygens (including phenoxy) is 2. The van der Waals surface area contributed by atoms with Gasteiger partial charge in [0.15, 0.2) is 0 Å². The summed E-state index contributed by atoms with van der Waals surface area (Å²) in [5.74, 6) is 0.509. The molecule has 0 aliphatic heterocycles. The third-order valence-corrected chi connectivity index (χ3v) is 3.51. The highest BCUT2D eigenvalue weighted by Crippen LogP contribution is 2.21. The Balaban J connectivity index is 1.89. The highest BCUT2D eigenvalue weighted by molar-refractivity contribution is 5.89. The van der Waals surface area contributed by atoms with E-state index < -0.39 is 0 Å². The zero-order chi connectivity index (χ0) is 17.9. The van der Waals surface area contributed by atoms with Gasteiger partial charge in [0.1, 0.15) is 5.75 Å². The van der Waals surface area contributed by atoms with Crippen LogP contribution in [0, 0.1) is 0 Å². The van der Waals surface area contributed by atoms with Crippen molar-refractivity contribution in [2.45, 2.75) is 33.1 Å². The van der Waals surface area contributed by atoms with Gasteiger partial charge in [0.2, 0.25) is 0 Å². The lowest BCUT2D eigenvalue weighted by molar-refractivity contribution is 0.0498. The van der Waals surface area contributed by atoms with Crippen LogP contribution in [0.1, 0.15) is 43.5 Å². The monoisotopic (exact) mass is 340 g/mol. The van der Waals surface area contributed by atoms with E-state index in [1.807, 2.05) is 31.2 Å². The Labute approximate surface area is 148 Å². The number of nitrogens with zero attached hydrogens (tertiary/aromatic N) is 2. The molecule has 2 rings (SSSR count). The molecule has 0 spiro atoms. The fourth-order valence-corrected chi connectivity index (χ4v) is 2.16. The summed E-state index contributed by atoms with van der Waals surface area (Å²) in [6, 6.07) is 14.3. The number of rotatable bonds is 9. The first kappa shape index (κ1) is 18.6. The standard InChI is InChI=1S/C20H24N2O3/c1-3-5-6-15-25-20(23)16-7-9-17(10-8-16)21-22-18-11-13-19(14-12-18)24-4-2/h7-14H,3-6,15H2,1-2H3. The minimum Gasteiger partial charge on any atom is -0.494 e. The maximum absolute atomic E-state index is 11.9. The molecule has 2 aromatic carbocycles. The molecule has 0 aliphatic carbocycles. The third-order valence-electron chi connectivity index (χ3n) is 3.51. The molecule has 5 heteroatoms. The van der Waals surface area contributed by atoms with E-state index in [-0.39, 0.29) is 5.97 Å². The summed E-state index contributed by atoms with van der Waals surface area (Å²) in [4.78, 5) is 11.9. The molecule has 0 N–H and O–H groups in total. The van der Waals surface area contributed by atoms with Gasteiger partial charge in [-0.15, -0.1) is 0 Å². The number of azo groups is 1. The fourth-order valence-electron chi connectivity index (χ4n) is 2.16. The summed E-state index contributed by atoms with van der Waals surface area (Å²) in [5, 5.41) is 8.35. The summed E-state index contributed by atoms with van der Waals surface area (Å²) in [6.45, 7) is 5.15. The first-order valence-electron chi connectivity index (χ1n) is 8.64. The number of hydrogen-bond donors (Lipinski definition) is 0. The van der Waals surface area contributed by atoms with Crippen molar-refractivity contribution in [1.29, 1.82) is 0 Å². The van der Waals surface area contributed by atoms with Crippen molar-refractivity contribution in [2.24, 2.45) is 10.2 Å². The predicted molar refractivity (Wildman–Crippen MR) is 98.0 cm³/mol. The van der Waals surface area contributed by atoms with Crippen molar-refractivity contribution >= 4 is 17.3 Å². The van der Waals surface area contributed by atoms with Crippen LogP contribution in [-0.2, 0) is 4.74 Å². The smallest absolute Gasteiger partial charge is 0.338 e. The molecular formula is C20H24N2O3. The van der Waals surface area contributed by atoms with E-state index in [4.69, 9.17) is 9.47 Å². The van der Waals surface area contributed by atoms with Crippen LogP contribution in [-0.4, -0.2) is 19.2 Å². The molecule has 2 aromatic rings. The molecule has 132 valence electrons. The van der Waals surface area contributed by atoms with Crippen LogP contribution < -0.4 is 4.74 Å². The quantitative estimate of drug-likeness (QED) is 0.327. The van der Waals surface area contributed by atoms with Gasteiger partial charge in [-0.05, 0) is 61.9 Å². The Morgan fingerprint density at radius 1 is 0.880 bits per heavy atom. The van der Waals surface area contributed by atoms with E-state index in [1.54, 1.807) is 24.3 Å². The lowest BCUT2D eigenvalue weighted by Gasteiger charge is -2.04. The first-order chi connectivity index (χ1) is 12.2. The Bertz CT molecular complexity index is 679. The van der Waals surface area contributed by atoms with E-state index in [0.717, 1.165) is 30.7 Å². The summed E-state index contributed by atoms with van der Waals surface area (Å²) < 4.78 is 10.6. The molecule has 0 heterocycles. The second-order valence-electron chi connectivity index (χ2n) is 5.52. The van der Waals surface area contributed by atoms with Gasteiger partial charge in [0, 0.05) is 0 Å². The maximum atomic E-state index is 11.9. The lowest BCUT2D eigenvalue weighted by Crippen LogP contribution is -2.06. The van der Waals surface area contributed by atoms with Crippen molar-refractivity contribution in [2.75, 3.05) is 13.2 Å². The van der Waals surface area contributed by atoms with Crippen LogP contribution in [0.15, 0.2) is 58.8 Å². The molecule has 0 saturated heterocycles.